The Morgan fingerprint density at radius 3 is 2.58 bits per heavy atom. The van der Waals surface area contributed by atoms with Crippen molar-refractivity contribution >= 4 is 23.3 Å². The molecule has 0 aromatic heterocycles. The number of anilines is 1. The first-order chi connectivity index (χ1) is 15.0. The van der Waals surface area contributed by atoms with Gasteiger partial charge in [-0.15, -0.1) is 0 Å². The van der Waals surface area contributed by atoms with Crippen LogP contribution < -0.4 is 14.8 Å². The highest BCUT2D eigenvalue weighted by Crippen LogP contribution is 2.34. The van der Waals surface area contributed by atoms with Gasteiger partial charge in [0.1, 0.15) is 0 Å². The van der Waals surface area contributed by atoms with Crippen LogP contribution in [0.2, 0.25) is 0 Å². The van der Waals surface area contributed by atoms with E-state index in [9.17, 15) is 14.4 Å². The number of hydrogen-bond acceptors (Lipinski definition) is 6. The Morgan fingerprint density at radius 2 is 1.74 bits per heavy atom. The number of fused-ring (bicyclic) bond motifs is 2. The maximum Gasteiger partial charge on any atom is 0.307 e. The highest BCUT2D eigenvalue weighted by atomic mass is 16.7. The molecule has 4 rings (SSSR count). The van der Waals surface area contributed by atoms with Crippen molar-refractivity contribution in [3.05, 3.63) is 53.1 Å². The number of benzene rings is 2. The Kier molecular flexibility index (Phi) is 6.21. The molecule has 0 fully saturated rings. The van der Waals surface area contributed by atoms with E-state index in [0.29, 0.717) is 22.7 Å². The third-order valence-electron chi connectivity index (χ3n) is 5.54. The lowest BCUT2D eigenvalue weighted by Gasteiger charge is -2.16. The second-order valence-corrected chi connectivity index (χ2v) is 7.80. The van der Waals surface area contributed by atoms with Crippen LogP contribution in [0.5, 0.6) is 11.5 Å². The molecular formula is C24H25NO6. The molecule has 2 aromatic carbocycles. The molecular weight excluding hydrogens is 398 g/mol. The Morgan fingerprint density at radius 1 is 0.968 bits per heavy atom. The van der Waals surface area contributed by atoms with Gasteiger partial charge in [-0.25, -0.2) is 0 Å². The summed E-state index contributed by atoms with van der Waals surface area (Å²) >= 11 is 0. The molecule has 0 bridgehead atoms. The van der Waals surface area contributed by atoms with Crippen molar-refractivity contribution in [2.45, 2.75) is 51.6 Å². The van der Waals surface area contributed by atoms with Crippen LogP contribution in [0.4, 0.5) is 5.69 Å². The van der Waals surface area contributed by atoms with Gasteiger partial charge in [-0.1, -0.05) is 12.1 Å². The fourth-order valence-corrected chi connectivity index (χ4v) is 3.79. The van der Waals surface area contributed by atoms with Gasteiger partial charge in [0.2, 0.25) is 6.79 Å². The van der Waals surface area contributed by atoms with Gasteiger partial charge in [0, 0.05) is 23.7 Å². The van der Waals surface area contributed by atoms with Crippen LogP contribution in [0.15, 0.2) is 36.4 Å². The lowest BCUT2D eigenvalue weighted by Crippen LogP contribution is -2.30. The lowest BCUT2D eigenvalue weighted by atomic mass is 9.89. The molecule has 0 spiro atoms. The topological polar surface area (TPSA) is 90.9 Å². The van der Waals surface area contributed by atoms with E-state index in [2.05, 4.69) is 5.32 Å². The molecule has 0 saturated heterocycles. The smallest absolute Gasteiger partial charge is 0.307 e. The number of carbonyl (C=O) groups is 3. The summed E-state index contributed by atoms with van der Waals surface area (Å²) in [4.78, 5) is 36.9. The zero-order valence-electron chi connectivity index (χ0n) is 17.4. The molecule has 2 aliphatic rings. The minimum atomic E-state index is -0.989. The average molecular weight is 423 g/mol. The number of hydrogen-bond donors (Lipinski definition) is 1. The molecule has 1 atom stereocenters. The number of rotatable bonds is 7. The zero-order chi connectivity index (χ0) is 21.8. The van der Waals surface area contributed by atoms with E-state index >= 15 is 0 Å². The summed E-state index contributed by atoms with van der Waals surface area (Å²) in [5, 5.41) is 2.68. The van der Waals surface area contributed by atoms with Crippen LogP contribution in [0, 0.1) is 0 Å². The van der Waals surface area contributed by atoms with Crippen molar-refractivity contribution in [3.63, 3.8) is 0 Å². The van der Waals surface area contributed by atoms with Crippen molar-refractivity contribution in [2.75, 3.05) is 12.1 Å². The van der Waals surface area contributed by atoms with Gasteiger partial charge in [-0.2, -0.15) is 0 Å². The van der Waals surface area contributed by atoms with Crippen LogP contribution in [-0.4, -0.2) is 30.6 Å². The summed E-state index contributed by atoms with van der Waals surface area (Å²) in [5.74, 6) is 0.0138. The summed E-state index contributed by atoms with van der Waals surface area (Å²) in [7, 11) is 0. The summed E-state index contributed by atoms with van der Waals surface area (Å²) in [6.07, 6.45) is 3.37. The van der Waals surface area contributed by atoms with Crippen LogP contribution in [0.1, 0.15) is 54.1 Å². The zero-order valence-corrected chi connectivity index (χ0v) is 17.4. The number of ketones is 1. The molecule has 1 amide bonds. The van der Waals surface area contributed by atoms with E-state index in [1.807, 2.05) is 18.2 Å². The first-order valence-electron chi connectivity index (χ1n) is 10.5. The SMILES string of the molecule is C[C@@H](OC(=O)CCC(=O)c1ccc2c(c1)CCCC2)C(=O)Nc1ccc2c(c1)OCO2. The number of Topliss-reactive ketones (excluding diaryl/α,β-unsaturated/α-hetero) is 1. The first kappa shape index (κ1) is 20.9. The molecule has 1 aliphatic heterocycles. The van der Waals surface area contributed by atoms with Crippen LogP contribution in [-0.2, 0) is 27.2 Å². The number of esters is 1. The van der Waals surface area contributed by atoms with E-state index in [4.69, 9.17) is 14.2 Å². The number of amides is 1. The van der Waals surface area contributed by atoms with Gasteiger partial charge in [0.15, 0.2) is 23.4 Å². The van der Waals surface area contributed by atoms with Crippen LogP contribution >= 0.6 is 0 Å². The molecule has 1 heterocycles. The Labute approximate surface area is 180 Å². The van der Waals surface area contributed by atoms with Crippen molar-refractivity contribution in [3.8, 4) is 11.5 Å². The standard InChI is InChI=1S/C24H25NO6/c1-15(24(28)25-19-8-10-21-22(13-19)30-14-29-21)31-23(27)11-9-20(26)18-7-6-16-4-2-3-5-17(16)12-18/h6-8,10,12-13,15H,2-5,9,11,14H2,1H3,(H,25,28)/t15-/m1/s1. The van der Waals surface area contributed by atoms with Crippen LogP contribution in [0.25, 0.3) is 0 Å². The first-order valence-corrected chi connectivity index (χ1v) is 10.5. The van der Waals surface area contributed by atoms with Gasteiger partial charge >= 0.3 is 5.97 Å². The molecule has 31 heavy (non-hydrogen) atoms. The molecule has 0 saturated carbocycles. The summed E-state index contributed by atoms with van der Waals surface area (Å²) in [5.41, 5.74) is 3.68. The summed E-state index contributed by atoms with van der Waals surface area (Å²) in [6, 6.07) is 10.8. The minimum absolute atomic E-state index is 0.0497. The van der Waals surface area contributed by atoms with Crippen molar-refractivity contribution in [1.82, 2.24) is 0 Å². The van der Waals surface area contributed by atoms with Gasteiger partial charge in [0.05, 0.1) is 6.42 Å². The molecule has 0 radical (unpaired) electrons. The molecule has 0 unspecified atom stereocenters. The largest absolute Gasteiger partial charge is 0.454 e. The second kappa shape index (κ2) is 9.20. The molecule has 2 aromatic rings. The normalized spacial score (nSPS) is 15.0. The predicted octanol–water partition coefficient (Wildman–Crippen LogP) is 3.83. The van der Waals surface area contributed by atoms with Crippen molar-refractivity contribution in [1.29, 1.82) is 0 Å². The van der Waals surface area contributed by atoms with E-state index in [1.165, 1.54) is 24.5 Å². The maximum atomic E-state index is 12.5. The molecule has 1 N–H and O–H groups in total. The number of ether oxygens (including phenoxy) is 3. The Hall–Kier alpha value is -3.35. The lowest BCUT2D eigenvalue weighted by molar-refractivity contribution is -0.153. The van der Waals surface area contributed by atoms with Gasteiger partial charge < -0.3 is 19.5 Å². The highest BCUT2D eigenvalue weighted by Gasteiger charge is 2.21. The van der Waals surface area contributed by atoms with E-state index in [-0.39, 0.29) is 25.4 Å². The molecule has 7 heteroatoms. The van der Waals surface area contributed by atoms with Crippen molar-refractivity contribution < 1.29 is 28.6 Å². The minimum Gasteiger partial charge on any atom is -0.454 e. The summed E-state index contributed by atoms with van der Waals surface area (Å²) in [6.45, 7) is 1.64. The van der Waals surface area contributed by atoms with Crippen LogP contribution in [0.3, 0.4) is 0 Å². The monoisotopic (exact) mass is 423 g/mol. The predicted molar refractivity (Wildman–Crippen MR) is 113 cm³/mol. The van der Waals surface area contributed by atoms with Gasteiger partial charge in [-0.05, 0) is 61.9 Å². The average Bonchev–Trinajstić information content (AvgIpc) is 3.25. The summed E-state index contributed by atoms with van der Waals surface area (Å²) < 4.78 is 15.7. The molecule has 1 aliphatic carbocycles. The van der Waals surface area contributed by atoms with Crippen molar-refractivity contribution in [2.24, 2.45) is 0 Å². The number of nitrogens with one attached hydrogen (secondary N) is 1. The van der Waals surface area contributed by atoms with E-state index < -0.39 is 18.0 Å². The molecule has 7 nitrogen and oxygen atoms in total. The van der Waals surface area contributed by atoms with Gasteiger partial charge in [0.25, 0.3) is 5.91 Å². The maximum absolute atomic E-state index is 12.5. The highest BCUT2D eigenvalue weighted by molar-refractivity contribution is 5.98. The quantitative estimate of drug-likeness (QED) is 0.538. The van der Waals surface area contributed by atoms with Gasteiger partial charge in [-0.3, -0.25) is 14.4 Å². The number of aryl methyl sites for hydroxylation is 2. The fraction of sp³-hybridized carbons (Fsp3) is 0.375. The Bertz CT molecular complexity index is 1020. The second-order valence-electron chi connectivity index (χ2n) is 7.80. The van der Waals surface area contributed by atoms with E-state index in [0.717, 1.165) is 19.3 Å². The fourth-order valence-electron chi connectivity index (χ4n) is 3.79. The number of carbonyl (C=O) groups excluding carboxylic acids is 3. The third-order valence-corrected chi connectivity index (χ3v) is 5.54. The Balaban J connectivity index is 1.25. The third kappa shape index (κ3) is 5.05. The van der Waals surface area contributed by atoms with E-state index in [1.54, 1.807) is 18.2 Å². The molecule has 162 valence electrons.